The van der Waals surface area contributed by atoms with Crippen LogP contribution < -0.4 is 4.90 Å². The fraction of sp³-hybridized carbons (Fsp3) is 0.0244. The van der Waals surface area contributed by atoms with Gasteiger partial charge in [0.2, 0.25) is 0 Å². The van der Waals surface area contributed by atoms with Crippen LogP contribution in [0.15, 0.2) is 170 Å². The van der Waals surface area contributed by atoms with Gasteiger partial charge in [-0.1, -0.05) is 139 Å². The average Bonchev–Trinajstić information content (AvgIpc) is 3.36. The van der Waals surface area contributed by atoms with Crippen molar-refractivity contribution in [3.63, 3.8) is 0 Å². The van der Waals surface area contributed by atoms with E-state index in [-0.39, 0.29) is 0 Å². The Hall–Kier alpha value is -5.11. The molecule has 1 nitrogen and oxygen atoms in total. The zero-order valence-corrected chi connectivity index (χ0v) is 24.2. The Morgan fingerprint density at radius 1 is 0.442 bits per heavy atom. The molecular formula is C41H28ClN. The van der Waals surface area contributed by atoms with Gasteiger partial charge in [-0.2, -0.15) is 0 Å². The molecule has 8 rings (SSSR count). The molecule has 0 unspecified atom stereocenters. The first-order valence-corrected chi connectivity index (χ1v) is 15.0. The average molecular weight is 570 g/mol. The Bertz CT molecular complexity index is 2040. The Balaban J connectivity index is 1.46. The van der Waals surface area contributed by atoms with Gasteiger partial charge in [0.1, 0.15) is 0 Å². The third-order valence-corrected chi connectivity index (χ3v) is 9.01. The lowest BCUT2D eigenvalue weighted by molar-refractivity contribution is 0.768. The van der Waals surface area contributed by atoms with E-state index in [1.54, 1.807) is 0 Å². The fourth-order valence-electron chi connectivity index (χ4n) is 7.00. The maximum atomic E-state index is 6.76. The summed E-state index contributed by atoms with van der Waals surface area (Å²) in [5.74, 6) is 0. The number of fused-ring (bicyclic) bond motifs is 4. The maximum Gasteiger partial charge on any atom is 0.0714 e. The van der Waals surface area contributed by atoms with E-state index < -0.39 is 5.41 Å². The standard InChI is InChI=1S/C41H28ClN/c42-32-23-25-36-37-26-24-34(43(33-19-8-3-9-20-33)40-22-12-14-29-13-10-11-21-35(29)40)28-39(37)41(38(36)27-32,30-15-4-1-5-16-30)31-17-6-2-7-18-31/h1-28H. The second-order valence-electron chi connectivity index (χ2n) is 11.1. The van der Waals surface area contributed by atoms with Gasteiger partial charge in [0.15, 0.2) is 0 Å². The van der Waals surface area contributed by atoms with E-state index in [9.17, 15) is 0 Å². The minimum Gasteiger partial charge on any atom is -0.310 e. The highest BCUT2D eigenvalue weighted by Gasteiger charge is 2.46. The third-order valence-electron chi connectivity index (χ3n) is 8.78. The summed E-state index contributed by atoms with van der Waals surface area (Å²) in [6, 6.07) is 60.9. The molecule has 0 saturated heterocycles. The smallest absolute Gasteiger partial charge is 0.0714 e. The summed E-state index contributed by atoms with van der Waals surface area (Å²) in [6.45, 7) is 0. The molecule has 0 amide bonds. The van der Waals surface area contributed by atoms with Crippen molar-refractivity contribution in [3.8, 4) is 11.1 Å². The van der Waals surface area contributed by atoms with Crippen LogP contribution in [0.4, 0.5) is 17.1 Å². The summed E-state index contributed by atoms with van der Waals surface area (Å²) in [4.78, 5) is 2.39. The van der Waals surface area contributed by atoms with E-state index in [1.807, 2.05) is 6.07 Å². The number of rotatable bonds is 5. The highest BCUT2D eigenvalue weighted by molar-refractivity contribution is 6.30. The number of para-hydroxylation sites is 1. The molecule has 0 spiro atoms. The fourth-order valence-corrected chi connectivity index (χ4v) is 7.17. The summed E-state index contributed by atoms with van der Waals surface area (Å²) in [7, 11) is 0. The van der Waals surface area contributed by atoms with Crippen LogP contribution in [0.3, 0.4) is 0 Å². The van der Waals surface area contributed by atoms with Gasteiger partial charge in [-0.3, -0.25) is 0 Å². The Morgan fingerprint density at radius 2 is 1.00 bits per heavy atom. The van der Waals surface area contributed by atoms with E-state index in [1.165, 1.54) is 44.2 Å². The molecule has 0 bridgehead atoms. The van der Waals surface area contributed by atoms with Crippen molar-refractivity contribution in [2.24, 2.45) is 0 Å². The van der Waals surface area contributed by atoms with Gasteiger partial charge in [-0.25, -0.2) is 0 Å². The topological polar surface area (TPSA) is 3.24 Å². The Morgan fingerprint density at radius 3 is 1.70 bits per heavy atom. The van der Waals surface area contributed by atoms with Crippen molar-refractivity contribution in [3.05, 3.63) is 197 Å². The van der Waals surface area contributed by atoms with Crippen molar-refractivity contribution in [2.45, 2.75) is 5.41 Å². The highest BCUT2D eigenvalue weighted by atomic mass is 35.5. The molecule has 1 aliphatic rings. The minimum atomic E-state index is -0.533. The van der Waals surface area contributed by atoms with Crippen LogP contribution in [-0.2, 0) is 5.41 Å². The molecule has 0 fully saturated rings. The first-order valence-electron chi connectivity index (χ1n) is 14.6. The van der Waals surface area contributed by atoms with Gasteiger partial charge >= 0.3 is 0 Å². The van der Waals surface area contributed by atoms with Crippen LogP contribution in [0.2, 0.25) is 5.02 Å². The van der Waals surface area contributed by atoms with Gasteiger partial charge in [0.05, 0.1) is 11.1 Å². The lowest BCUT2D eigenvalue weighted by Crippen LogP contribution is -2.28. The molecule has 7 aromatic rings. The lowest BCUT2D eigenvalue weighted by Gasteiger charge is -2.35. The monoisotopic (exact) mass is 569 g/mol. The van der Waals surface area contributed by atoms with Crippen LogP contribution in [0.5, 0.6) is 0 Å². The van der Waals surface area contributed by atoms with Gasteiger partial charge < -0.3 is 4.90 Å². The van der Waals surface area contributed by atoms with Crippen LogP contribution in [0.1, 0.15) is 22.3 Å². The van der Waals surface area contributed by atoms with E-state index >= 15 is 0 Å². The number of halogens is 1. The third kappa shape index (κ3) is 4.00. The maximum absolute atomic E-state index is 6.76. The molecule has 0 saturated carbocycles. The molecule has 0 N–H and O–H groups in total. The molecule has 1 aliphatic carbocycles. The molecule has 204 valence electrons. The second-order valence-corrected chi connectivity index (χ2v) is 11.5. The predicted octanol–water partition coefficient (Wildman–Crippen LogP) is 11.3. The first kappa shape index (κ1) is 25.6. The second kappa shape index (κ2) is 10.3. The molecule has 0 heterocycles. The van der Waals surface area contributed by atoms with Crippen LogP contribution in [0, 0.1) is 0 Å². The van der Waals surface area contributed by atoms with Gasteiger partial charge in [0, 0.05) is 21.8 Å². The van der Waals surface area contributed by atoms with Crippen molar-refractivity contribution >= 4 is 39.4 Å². The normalized spacial score (nSPS) is 13.0. The first-order chi connectivity index (χ1) is 21.2. The van der Waals surface area contributed by atoms with Gasteiger partial charge in [-0.15, -0.1) is 0 Å². The molecule has 7 aromatic carbocycles. The largest absolute Gasteiger partial charge is 0.310 e. The zero-order valence-electron chi connectivity index (χ0n) is 23.5. The quantitative estimate of drug-likeness (QED) is 0.199. The Labute approximate surface area is 257 Å². The van der Waals surface area contributed by atoms with E-state index in [0.29, 0.717) is 0 Å². The predicted molar refractivity (Wildman–Crippen MR) is 181 cm³/mol. The Kier molecular flexibility index (Phi) is 6.14. The molecule has 0 aromatic heterocycles. The van der Waals surface area contributed by atoms with E-state index in [4.69, 9.17) is 11.6 Å². The summed E-state index contributed by atoms with van der Waals surface area (Å²) in [5.41, 5.74) is 10.2. The summed E-state index contributed by atoms with van der Waals surface area (Å²) in [6.07, 6.45) is 0. The highest BCUT2D eigenvalue weighted by Crippen LogP contribution is 2.57. The zero-order chi connectivity index (χ0) is 28.8. The number of benzene rings is 7. The number of anilines is 3. The van der Waals surface area contributed by atoms with Crippen molar-refractivity contribution in [2.75, 3.05) is 4.90 Å². The van der Waals surface area contributed by atoms with Crippen LogP contribution in [-0.4, -0.2) is 0 Å². The molecule has 2 heteroatoms. The van der Waals surface area contributed by atoms with E-state index in [2.05, 4.69) is 169 Å². The molecule has 0 radical (unpaired) electrons. The van der Waals surface area contributed by atoms with Crippen LogP contribution >= 0.6 is 11.6 Å². The van der Waals surface area contributed by atoms with Crippen molar-refractivity contribution in [1.82, 2.24) is 0 Å². The molecule has 0 aliphatic heterocycles. The van der Waals surface area contributed by atoms with E-state index in [0.717, 1.165) is 22.1 Å². The summed E-state index contributed by atoms with van der Waals surface area (Å²) in [5, 5.41) is 3.17. The van der Waals surface area contributed by atoms with Crippen molar-refractivity contribution < 1.29 is 0 Å². The molecule has 43 heavy (non-hydrogen) atoms. The summed E-state index contributed by atoms with van der Waals surface area (Å²) < 4.78 is 0. The lowest BCUT2D eigenvalue weighted by atomic mass is 9.67. The van der Waals surface area contributed by atoms with Gasteiger partial charge in [0.25, 0.3) is 0 Å². The number of nitrogens with zero attached hydrogens (tertiary/aromatic N) is 1. The minimum absolute atomic E-state index is 0.533. The number of hydrogen-bond donors (Lipinski definition) is 0. The molecular weight excluding hydrogens is 542 g/mol. The van der Waals surface area contributed by atoms with Crippen LogP contribution in [0.25, 0.3) is 21.9 Å². The SMILES string of the molecule is Clc1ccc2c(c1)C(c1ccccc1)(c1ccccc1)c1cc(N(c3ccccc3)c3cccc4ccccc34)ccc1-2. The van der Waals surface area contributed by atoms with Crippen molar-refractivity contribution in [1.29, 1.82) is 0 Å². The molecule has 0 atom stereocenters. The number of hydrogen-bond acceptors (Lipinski definition) is 1. The van der Waals surface area contributed by atoms with Gasteiger partial charge in [-0.05, 0) is 81.2 Å². The summed E-state index contributed by atoms with van der Waals surface area (Å²) >= 11 is 6.76.